The van der Waals surface area contributed by atoms with E-state index in [2.05, 4.69) is 28.9 Å². The number of amides is 3. The van der Waals surface area contributed by atoms with E-state index in [0.717, 1.165) is 24.8 Å². The van der Waals surface area contributed by atoms with Crippen LogP contribution >= 0.6 is 0 Å². The summed E-state index contributed by atoms with van der Waals surface area (Å²) in [6, 6.07) is 5.23. The van der Waals surface area contributed by atoms with Gasteiger partial charge in [-0.3, -0.25) is 14.4 Å². The fourth-order valence-electron chi connectivity index (χ4n) is 4.03. The summed E-state index contributed by atoms with van der Waals surface area (Å²) < 4.78 is 10.1. The fourth-order valence-corrected chi connectivity index (χ4v) is 4.03. The van der Waals surface area contributed by atoms with Crippen molar-refractivity contribution in [1.82, 2.24) is 15.5 Å². The molecule has 1 aromatic carbocycles. The molecule has 0 saturated carbocycles. The first-order valence-corrected chi connectivity index (χ1v) is 13.7. The van der Waals surface area contributed by atoms with E-state index >= 15 is 0 Å². The molecule has 1 rings (SSSR count). The van der Waals surface area contributed by atoms with E-state index in [1.807, 2.05) is 19.9 Å². The van der Waals surface area contributed by atoms with E-state index in [0.29, 0.717) is 18.4 Å². The Hall–Kier alpha value is -3.36. The van der Waals surface area contributed by atoms with Gasteiger partial charge in [-0.15, -0.1) is 0 Å². The number of benzene rings is 1. The van der Waals surface area contributed by atoms with Crippen LogP contribution in [0, 0.1) is 5.92 Å². The van der Waals surface area contributed by atoms with Crippen molar-refractivity contribution in [3.05, 3.63) is 42.0 Å². The number of rotatable bonds is 15. The van der Waals surface area contributed by atoms with Gasteiger partial charge >= 0.3 is 12.1 Å². The number of hydrogen-bond donors (Lipinski definition) is 2. The number of nitrogens with one attached hydrogen (secondary N) is 2. The van der Waals surface area contributed by atoms with Gasteiger partial charge < -0.3 is 25.0 Å². The van der Waals surface area contributed by atoms with E-state index in [1.54, 1.807) is 45.0 Å². The van der Waals surface area contributed by atoms with Gasteiger partial charge in [0.1, 0.15) is 24.2 Å². The number of unbranched alkanes of at least 4 members (excludes halogenated alkanes) is 3. The van der Waals surface area contributed by atoms with E-state index in [1.165, 1.54) is 12.0 Å². The quantitative estimate of drug-likeness (QED) is 0.237. The average molecular weight is 546 g/mol. The number of carbonyl (C=O) groups excluding carboxylic acids is 4. The van der Waals surface area contributed by atoms with Crippen LogP contribution in [0.3, 0.4) is 0 Å². The second kappa shape index (κ2) is 16.6. The van der Waals surface area contributed by atoms with Crippen LogP contribution in [-0.2, 0) is 23.9 Å². The van der Waals surface area contributed by atoms with E-state index in [4.69, 9.17) is 4.74 Å². The molecule has 3 amide bonds. The van der Waals surface area contributed by atoms with Crippen LogP contribution in [-0.4, -0.2) is 60.6 Å². The van der Waals surface area contributed by atoms with Crippen LogP contribution < -0.4 is 10.6 Å². The van der Waals surface area contributed by atoms with Crippen LogP contribution in [0.5, 0.6) is 0 Å². The molecular formula is C30H47N3O6. The first-order valence-electron chi connectivity index (χ1n) is 13.7. The van der Waals surface area contributed by atoms with E-state index in [-0.39, 0.29) is 19.0 Å². The summed E-state index contributed by atoms with van der Waals surface area (Å²) in [6.45, 7) is 14.9. The van der Waals surface area contributed by atoms with Gasteiger partial charge in [-0.25, -0.2) is 4.79 Å². The minimum atomic E-state index is -1.05. The highest BCUT2D eigenvalue weighted by Crippen LogP contribution is 2.26. The van der Waals surface area contributed by atoms with Crippen molar-refractivity contribution >= 4 is 30.0 Å². The third-order valence-corrected chi connectivity index (χ3v) is 6.34. The summed E-state index contributed by atoms with van der Waals surface area (Å²) >= 11 is 0. The van der Waals surface area contributed by atoms with Crippen molar-refractivity contribution in [1.29, 1.82) is 0 Å². The van der Waals surface area contributed by atoms with Crippen molar-refractivity contribution in [2.75, 3.05) is 20.2 Å². The maximum Gasteiger partial charge on any atom is 0.408 e. The lowest BCUT2D eigenvalue weighted by Gasteiger charge is -2.36. The molecule has 3 atom stereocenters. The molecule has 0 bridgehead atoms. The van der Waals surface area contributed by atoms with E-state index < -0.39 is 41.6 Å². The Balaban J connectivity index is 3.57. The highest BCUT2D eigenvalue weighted by Gasteiger charge is 2.38. The Kier molecular flexibility index (Phi) is 14.3. The predicted molar refractivity (Wildman–Crippen MR) is 153 cm³/mol. The number of esters is 1. The minimum Gasteiger partial charge on any atom is -0.468 e. The first kappa shape index (κ1) is 33.7. The lowest BCUT2D eigenvalue weighted by Crippen LogP contribution is -2.55. The molecule has 0 spiro atoms. The topological polar surface area (TPSA) is 114 Å². The van der Waals surface area contributed by atoms with Crippen molar-refractivity contribution in [2.24, 2.45) is 5.92 Å². The molecule has 9 nitrogen and oxygen atoms in total. The van der Waals surface area contributed by atoms with E-state index in [9.17, 15) is 19.2 Å². The second-order valence-electron chi connectivity index (χ2n) is 10.7. The predicted octanol–water partition coefficient (Wildman–Crippen LogP) is 5.01. The molecule has 0 aliphatic rings. The number of hydrogen-bond acceptors (Lipinski definition) is 6. The molecule has 0 aromatic heterocycles. The van der Waals surface area contributed by atoms with Crippen molar-refractivity contribution in [3.8, 4) is 0 Å². The third-order valence-electron chi connectivity index (χ3n) is 6.34. The molecule has 1 aromatic rings. The van der Waals surface area contributed by atoms with Gasteiger partial charge in [0.2, 0.25) is 11.8 Å². The Morgan fingerprint density at radius 1 is 1.10 bits per heavy atom. The molecule has 0 saturated heterocycles. The number of carbonyl (C=O) groups is 4. The molecule has 39 heavy (non-hydrogen) atoms. The zero-order chi connectivity index (χ0) is 29.6. The van der Waals surface area contributed by atoms with Crippen LogP contribution in [0.25, 0.3) is 6.08 Å². The summed E-state index contributed by atoms with van der Waals surface area (Å²) in [5, 5.41) is 5.37. The molecule has 0 heterocycles. The van der Waals surface area contributed by atoms with Crippen LogP contribution in [0.1, 0.15) is 90.8 Å². The summed E-state index contributed by atoms with van der Waals surface area (Å²) in [7, 11) is 1.24. The van der Waals surface area contributed by atoms with Gasteiger partial charge in [0, 0.05) is 6.54 Å². The van der Waals surface area contributed by atoms with Gasteiger partial charge in [-0.1, -0.05) is 77.3 Å². The zero-order valence-electron chi connectivity index (χ0n) is 24.7. The largest absolute Gasteiger partial charge is 0.468 e. The highest BCUT2D eigenvalue weighted by molar-refractivity contribution is 5.93. The lowest BCUT2D eigenvalue weighted by molar-refractivity contribution is -0.145. The second-order valence-corrected chi connectivity index (χ2v) is 10.7. The summed E-state index contributed by atoms with van der Waals surface area (Å²) in [6.07, 6.45) is 5.10. The highest BCUT2D eigenvalue weighted by atomic mass is 16.6. The van der Waals surface area contributed by atoms with Crippen LogP contribution in [0.4, 0.5) is 4.79 Å². The maximum absolute atomic E-state index is 14.2. The van der Waals surface area contributed by atoms with Gasteiger partial charge in [-0.2, -0.15) is 0 Å². The van der Waals surface area contributed by atoms with Crippen molar-refractivity contribution < 1.29 is 28.7 Å². The summed E-state index contributed by atoms with van der Waals surface area (Å²) in [5.41, 5.74) is 0.606. The normalized spacial score (nSPS) is 13.4. The van der Waals surface area contributed by atoms with Crippen molar-refractivity contribution in [2.45, 2.75) is 91.3 Å². The average Bonchev–Trinajstić information content (AvgIpc) is 2.90. The fraction of sp³-hybridized carbons (Fsp3) is 0.600. The zero-order valence-corrected chi connectivity index (χ0v) is 24.7. The number of alkyl carbamates (subject to hydrolysis) is 1. The monoisotopic (exact) mass is 545 g/mol. The first-order chi connectivity index (χ1) is 18.4. The standard InChI is InChI=1S/C30H47N3O6/c1-9-12-13-14-18-33(28(36)25(21(4)10-2)32-29(37)39-30(5,6)7)26(27(35)31-20-24(34)38-8)23-17-15-16-22(11-3)19-23/h11,15-17,19,21,25-26H,3,9-10,12-14,18,20H2,1-2,4-8H3,(H,31,35)(H,32,37). The Morgan fingerprint density at radius 3 is 2.36 bits per heavy atom. The maximum atomic E-state index is 14.2. The SMILES string of the molecule is C=Cc1cccc(C(C(=O)NCC(=O)OC)N(CCCCCC)C(=O)C(NC(=O)OC(C)(C)C)C(C)CC)c1. The summed E-state index contributed by atoms with van der Waals surface area (Å²) in [5.74, 6) is -1.76. The number of methoxy groups -OCH3 is 1. The van der Waals surface area contributed by atoms with Crippen LogP contribution in [0.15, 0.2) is 30.8 Å². The molecule has 0 aliphatic carbocycles. The summed E-state index contributed by atoms with van der Waals surface area (Å²) in [4.78, 5) is 53.9. The minimum absolute atomic E-state index is 0.235. The molecule has 0 aliphatic heterocycles. The van der Waals surface area contributed by atoms with Gasteiger partial charge in [0.05, 0.1) is 7.11 Å². The smallest absolute Gasteiger partial charge is 0.408 e. The molecule has 0 radical (unpaired) electrons. The van der Waals surface area contributed by atoms with Gasteiger partial charge in [-0.05, 0) is 50.3 Å². The molecule has 218 valence electrons. The number of ether oxygens (including phenoxy) is 2. The molecule has 0 fully saturated rings. The molecule has 2 N–H and O–H groups in total. The Bertz CT molecular complexity index is 972. The van der Waals surface area contributed by atoms with Crippen molar-refractivity contribution in [3.63, 3.8) is 0 Å². The lowest BCUT2D eigenvalue weighted by atomic mass is 9.95. The molecular weight excluding hydrogens is 498 g/mol. The number of nitrogens with zero attached hydrogens (tertiary/aromatic N) is 1. The molecule has 9 heteroatoms. The Morgan fingerprint density at radius 2 is 1.79 bits per heavy atom. The Labute approximate surface area is 233 Å². The van der Waals surface area contributed by atoms with Gasteiger partial charge in [0.15, 0.2) is 0 Å². The van der Waals surface area contributed by atoms with Crippen LogP contribution in [0.2, 0.25) is 0 Å². The van der Waals surface area contributed by atoms with Gasteiger partial charge in [0.25, 0.3) is 0 Å². The third kappa shape index (κ3) is 11.5. The molecule has 3 unspecified atom stereocenters.